The molecule has 0 bridgehead atoms. The first kappa shape index (κ1) is 16.1. The number of likely N-dealkylation sites (tertiary alicyclic amines) is 2. The van der Waals surface area contributed by atoms with Crippen molar-refractivity contribution in [3.05, 3.63) is 0 Å². The molecule has 2 aliphatic heterocycles. The first-order valence-electron chi connectivity index (χ1n) is 7.68. The number of ether oxygens (including phenoxy) is 1. The standard InChI is InChI=1S/C15H26N2O4/c1-15(2,3)21-14(20)16-6-4-5-11(8-16)9-17-10-12(18)7-13(17)19/h11-12,18H,4-10H2,1-3H3. The SMILES string of the molecule is CC(C)(C)OC(=O)N1CCCC(CN2CC(O)CC2=O)C1. The van der Waals surface area contributed by atoms with Gasteiger partial charge in [0.25, 0.3) is 0 Å². The van der Waals surface area contributed by atoms with Gasteiger partial charge in [0.15, 0.2) is 0 Å². The second-order valence-electron chi connectivity index (χ2n) is 7.09. The van der Waals surface area contributed by atoms with E-state index in [4.69, 9.17) is 4.74 Å². The summed E-state index contributed by atoms with van der Waals surface area (Å²) in [6.45, 7) is 7.94. The number of β-amino-alcohol motifs (C(OH)–C–C–N with tert-alkyl or cyclic N) is 1. The number of piperidine rings is 1. The number of rotatable bonds is 2. The number of hydrogen-bond acceptors (Lipinski definition) is 4. The van der Waals surface area contributed by atoms with Crippen molar-refractivity contribution < 1.29 is 19.4 Å². The predicted molar refractivity (Wildman–Crippen MR) is 77.7 cm³/mol. The number of aliphatic hydroxyl groups excluding tert-OH is 1. The molecule has 0 saturated carbocycles. The first-order chi connectivity index (χ1) is 9.74. The molecular formula is C15H26N2O4. The predicted octanol–water partition coefficient (Wildman–Crippen LogP) is 1.23. The number of carbonyl (C=O) groups excluding carboxylic acids is 2. The molecule has 1 N–H and O–H groups in total. The van der Waals surface area contributed by atoms with Gasteiger partial charge >= 0.3 is 6.09 Å². The third-order valence-corrected chi connectivity index (χ3v) is 3.84. The van der Waals surface area contributed by atoms with Crippen LogP contribution in [-0.2, 0) is 9.53 Å². The molecule has 2 amide bonds. The summed E-state index contributed by atoms with van der Waals surface area (Å²) in [5, 5.41) is 9.52. The summed E-state index contributed by atoms with van der Waals surface area (Å²) < 4.78 is 5.40. The Kier molecular flexibility index (Phi) is 4.76. The van der Waals surface area contributed by atoms with Crippen molar-refractivity contribution in [2.75, 3.05) is 26.2 Å². The van der Waals surface area contributed by atoms with E-state index in [1.807, 2.05) is 20.8 Å². The third kappa shape index (κ3) is 4.59. The van der Waals surface area contributed by atoms with E-state index in [1.54, 1.807) is 9.80 Å². The number of nitrogens with zero attached hydrogens (tertiary/aromatic N) is 2. The normalized spacial score (nSPS) is 27.1. The van der Waals surface area contributed by atoms with Crippen LogP contribution in [0, 0.1) is 5.92 Å². The minimum absolute atomic E-state index is 0.0110. The van der Waals surface area contributed by atoms with Crippen LogP contribution in [0.4, 0.5) is 4.79 Å². The largest absolute Gasteiger partial charge is 0.444 e. The maximum Gasteiger partial charge on any atom is 0.410 e. The summed E-state index contributed by atoms with van der Waals surface area (Å²) in [6.07, 6.45) is 1.33. The second-order valence-corrected chi connectivity index (χ2v) is 7.09. The molecule has 2 aliphatic rings. The average Bonchev–Trinajstić information content (AvgIpc) is 2.66. The molecule has 2 rings (SSSR count). The van der Waals surface area contributed by atoms with Crippen molar-refractivity contribution in [2.45, 2.75) is 51.7 Å². The lowest BCUT2D eigenvalue weighted by Crippen LogP contribution is -2.45. The van der Waals surface area contributed by atoms with Crippen LogP contribution in [-0.4, -0.2) is 64.8 Å². The van der Waals surface area contributed by atoms with E-state index in [0.717, 1.165) is 12.8 Å². The van der Waals surface area contributed by atoms with E-state index in [2.05, 4.69) is 0 Å². The van der Waals surface area contributed by atoms with Crippen molar-refractivity contribution in [1.29, 1.82) is 0 Å². The van der Waals surface area contributed by atoms with E-state index in [1.165, 1.54) is 0 Å². The van der Waals surface area contributed by atoms with Crippen LogP contribution in [0.5, 0.6) is 0 Å². The van der Waals surface area contributed by atoms with E-state index in [9.17, 15) is 14.7 Å². The molecule has 120 valence electrons. The van der Waals surface area contributed by atoms with Crippen molar-refractivity contribution in [1.82, 2.24) is 9.80 Å². The van der Waals surface area contributed by atoms with Crippen LogP contribution >= 0.6 is 0 Å². The fourth-order valence-electron chi connectivity index (χ4n) is 2.95. The smallest absolute Gasteiger partial charge is 0.410 e. The van der Waals surface area contributed by atoms with Gasteiger partial charge in [-0.3, -0.25) is 4.79 Å². The number of carbonyl (C=O) groups is 2. The molecule has 21 heavy (non-hydrogen) atoms. The highest BCUT2D eigenvalue weighted by molar-refractivity contribution is 5.79. The molecule has 2 saturated heterocycles. The van der Waals surface area contributed by atoms with Gasteiger partial charge in [-0.15, -0.1) is 0 Å². The van der Waals surface area contributed by atoms with Gasteiger partial charge in [0, 0.05) is 26.2 Å². The fraction of sp³-hybridized carbons (Fsp3) is 0.867. The van der Waals surface area contributed by atoms with Gasteiger partial charge in [0.05, 0.1) is 12.5 Å². The fourth-order valence-corrected chi connectivity index (χ4v) is 2.95. The molecule has 0 aromatic rings. The topological polar surface area (TPSA) is 70.1 Å². The maximum absolute atomic E-state index is 12.1. The maximum atomic E-state index is 12.1. The Labute approximate surface area is 126 Å². The summed E-state index contributed by atoms with van der Waals surface area (Å²) >= 11 is 0. The molecule has 2 fully saturated rings. The Morgan fingerprint density at radius 2 is 2.10 bits per heavy atom. The molecule has 0 aromatic carbocycles. The van der Waals surface area contributed by atoms with E-state index in [0.29, 0.717) is 26.2 Å². The minimum Gasteiger partial charge on any atom is -0.444 e. The zero-order valence-electron chi connectivity index (χ0n) is 13.2. The number of amides is 2. The van der Waals surface area contributed by atoms with E-state index < -0.39 is 11.7 Å². The Hall–Kier alpha value is -1.30. The van der Waals surface area contributed by atoms with Crippen LogP contribution < -0.4 is 0 Å². The van der Waals surface area contributed by atoms with E-state index in [-0.39, 0.29) is 24.3 Å². The Morgan fingerprint density at radius 1 is 1.38 bits per heavy atom. The molecule has 2 heterocycles. The van der Waals surface area contributed by atoms with Gasteiger partial charge in [-0.2, -0.15) is 0 Å². The van der Waals surface area contributed by atoms with Crippen LogP contribution in [0.15, 0.2) is 0 Å². The summed E-state index contributed by atoms with van der Waals surface area (Å²) in [6, 6.07) is 0. The lowest BCUT2D eigenvalue weighted by atomic mass is 9.98. The van der Waals surface area contributed by atoms with Crippen molar-refractivity contribution in [3.8, 4) is 0 Å². The lowest BCUT2D eigenvalue weighted by Gasteiger charge is -2.35. The minimum atomic E-state index is -0.539. The highest BCUT2D eigenvalue weighted by Crippen LogP contribution is 2.22. The van der Waals surface area contributed by atoms with Crippen LogP contribution in [0.25, 0.3) is 0 Å². The highest BCUT2D eigenvalue weighted by atomic mass is 16.6. The van der Waals surface area contributed by atoms with Gasteiger partial charge in [0.2, 0.25) is 5.91 Å². The highest BCUT2D eigenvalue weighted by Gasteiger charge is 2.33. The van der Waals surface area contributed by atoms with Crippen LogP contribution in [0.3, 0.4) is 0 Å². The van der Waals surface area contributed by atoms with Gasteiger partial charge in [-0.25, -0.2) is 4.79 Å². The Bertz CT molecular complexity index is 405. The van der Waals surface area contributed by atoms with Crippen molar-refractivity contribution in [2.24, 2.45) is 5.92 Å². The quantitative estimate of drug-likeness (QED) is 0.832. The second kappa shape index (κ2) is 6.22. The Balaban J connectivity index is 1.86. The summed E-state index contributed by atoms with van der Waals surface area (Å²) in [5.41, 5.74) is -0.487. The molecule has 0 aromatic heterocycles. The molecule has 0 radical (unpaired) electrons. The van der Waals surface area contributed by atoms with Gasteiger partial charge in [-0.05, 0) is 39.5 Å². The molecule has 0 aliphatic carbocycles. The molecule has 0 spiro atoms. The van der Waals surface area contributed by atoms with Crippen molar-refractivity contribution >= 4 is 12.0 Å². The third-order valence-electron chi connectivity index (χ3n) is 3.84. The zero-order chi connectivity index (χ0) is 15.6. The zero-order valence-corrected chi connectivity index (χ0v) is 13.2. The van der Waals surface area contributed by atoms with Crippen molar-refractivity contribution in [3.63, 3.8) is 0 Å². The first-order valence-corrected chi connectivity index (χ1v) is 7.68. The monoisotopic (exact) mass is 298 g/mol. The molecule has 6 nitrogen and oxygen atoms in total. The van der Waals surface area contributed by atoms with Gasteiger partial charge < -0.3 is 19.6 Å². The summed E-state index contributed by atoms with van der Waals surface area (Å²) in [7, 11) is 0. The number of aliphatic hydroxyl groups is 1. The number of hydrogen-bond donors (Lipinski definition) is 1. The molecule has 6 heteroatoms. The molecule has 2 unspecified atom stereocenters. The average molecular weight is 298 g/mol. The lowest BCUT2D eigenvalue weighted by molar-refractivity contribution is -0.128. The Morgan fingerprint density at radius 3 is 2.67 bits per heavy atom. The van der Waals surface area contributed by atoms with Gasteiger partial charge in [0.1, 0.15) is 5.60 Å². The molecule has 2 atom stereocenters. The molecular weight excluding hydrogens is 272 g/mol. The van der Waals surface area contributed by atoms with Crippen LogP contribution in [0.2, 0.25) is 0 Å². The summed E-state index contributed by atoms with van der Waals surface area (Å²) in [5.74, 6) is 0.275. The van der Waals surface area contributed by atoms with Gasteiger partial charge in [-0.1, -0.05) is 0 Å². The summed E-state index contributed by atoms with van der Waals surface area (Å²) in [4.78, 5) is 27.3. The van der Waals surface area contributed by atoms with Crippen LogP contribution in [0.1, 0.15) is 40.0 Å². The van der Waals surface area contributed by atoms with E-state index >= 15 is 0 Å².